The van der Waals surface area contributed by atoms with Crippen molar-refractivity contribution in [2.45, 2.75) is 39.9 Å². The summed E-state index contributed by atoms with van der Waals surface area (Å²) in [7, 11) is 1.75. The molecule has 7 nitrogen and oxygen atoms in total. The van der Waals surface area contributed by atoms with Crippen LogP contribution in [0.3, 0.4) is 0 Å². The average Bonchev–Trinajstić information content (AvgIpc) is 2.68. The zero-order valence-electron chi connectivity index (χ0n) is 11.7. The molecule has 1 atom stereocenters. The van der Waals surface area contributed by atoms with Crippen LogP contribution in [0.15, 0.2) is 9.59 Å². The first-order chi connectivity index (χ1) is 8.93. The maximum Gasteiger partial charge on any atom is 0.332 e. The second-order valence-electron chi connectivity index (χ2n) is 4.57. The Bertz CT molecular complexity index is 735. The first kappa shape index (κ1) is 13.5. The molecule has 2 N–H and O–H groups in total. The second kappa shape index (κ2) is 4.65. The van der Waals surface area contributed by atoms with E-state index in [2.05, 4.69) is 4.98 Å². The van der Waals surface area contributed by atoms with Gasteiger partial charge in [-0.15, -0.1) is 0 Å². The van der Waals surface area contributed by atoms with E-state index in [4.69, 9.17) is 5.73 Å². The zero-order chi connectivity index (χ0) is 14.3. The standard InChI is InChI=1S/C12H19N5O2/c1-5-16-10-8(11(18)17(6-2)12(16)19)15(4)9(14-10)7(3)13/h7H,5-6,13H2,1-4H3. The summed E-state index contributed by atoms with van der Waals surface area (Å²) in [6.07, 6.45) is 0. The Morgan fingerprint density at radius 1 is 1.21 bits per heavy atom. The van der Waals surface area contributed by atoms with Crippen LogP contribution in [-0.2, 0) is 20.1 Å². The molecule has 7 heteroatoms. The maximum absolute atomic E-state index is 12.4. The molecule has 0 aliphatic rings. The second-order valence-corrected chi connectivity index (χ2v) is 4.57. The first-order valence-corrected chi connectivity index (χ1v) is 6.39. The summed E-state index contributed by atoms with van der Waals surface area (Å²) >= 11 is 0. The number of nitrogens with zero attached hydrogens (tertiary/aromatic N) is 4. The molecule has 2 aromatic rings. The van der Waals surface area contributed by atoms with Crippen LogP contribution in [0.25, 0.3) is 11.2 Å². The minimum Gasteiger partial charge on any atom is -0.324 e. The van der Waals surface area contributed by atoms with Gasteiger partial charge in [0.25, 0.3) is 5.56 Å². The molecule has 0 aliphatic heterocycles. The van der Waals surface area contributed by atoms with Crippen molar-refractivity contribution in [2.75, 3.05) is 0 Å². The highest BCUT2D eigenvalue weighted by Crippen LogP contribution is 2.14. The minimum absolute atomic E-state index is 0.299. The van der Waals surface area contributed by atoms with E-state index in [0.717, 1.165) is 0 Å². The van der Waals surface area contributed by atoms with E-state index in [-0.39, 0.29) is 17.3 Å². The van der Waals surface area contributed by atoms with E-state index in [1.807, 2.05) is 6.92 Å². The molecular weight excluding hydrogens is 246 g/mol. The summed E-state index contributed by atoms with van der Waals surface area (Å²) < 4.78 is 4.41. The van der Waals surface area contributed by atoms with Gasteiger partial charge in [-0.3, -0.25) is 13.9 Å². The van der Waals surface area contributed by atoms with Gasteiger partial charge < -0.3 is 10.3 Å². The van der Waals surface area contributed by atoms with Crippen molar-refractivity contribution in [2.24, 2.45) is 12.8 Å². The molecular formula is C12H19N5O2. The van der Waals surface area contributed by atoms with E-state index in [1.165, 1.54) is 9.13 Å². The smallest absolute Gasteiger partial charge is 0.324 e. The lowest BCUT2D eigenvalue weighted by molar-refractivity contribution is 0.604. The number of hydrogen-bond acceptors (Lipinski definition) is 4. The van der Waals surface area contributed by atoms with E-state index in [0.29, 0.717) is 30.1 Å². The summed E-state index contributed by atoms with van der Waals surface area (Å²) in [4.78, 5) is 28.9. The third-order valence-electron chi connectivity index (χ3n) is 3.32. The predicted octanol–water partition coefficient (Wildman–Crippen LogP) is -0.0438. The molecule has 0 spiro atoms. The zero-order valence-corrected chi connectivity index (χ0v) is 11.7. The lowest BCUT2D eigenvalue weighted by Crippen LogP contribution is -2.39. The lowest BCUT2D eigenvalue weighted by atomic mass is 10.3. The molecule has 1 unspecified atom stereocenters. The summed E-state index contributed by atoms with van der Waals surface area (Å²) in [6.45, 7) is 6.23. The van der Waals surface area contributed by atoms with Crippen molar-refractivity contribution < 1.29 is 0 Å². The molecule has 0 amide bonds. The summed E-state index contributed by atoms with van der Waals surface area (Å²) in [5.74, 6) is 0.600. The van der Waals surface area contributed by atoms with Crippen LogP contribution in [0.2, 0.25) is 0 Å². The van der Waals surface area contributed by atoms with Gasteiger partial charge in [-0.1, -0.05) is 0 Å². The molecule has 0 aromatic carbocycles. The van der Waals surface area contributed by atoms with Gasteiger partial charge in [-0.25, -0.2) is 9.78 Å². The molecule has 0 saturated heterocycles. The highest BCUT2D eigenvalue weighted by Gasteiger charge is 2.19. The fraction of sp³-hybridized carbons (Fsp3) is 0.583. The van der Waals surface area contributed by atoms with Crippen molar-refractivity contribution in [1.82, 2.24) is 18.7 Å². The Morgan fingerprint density at radius 2 is 1.79 bits per heavy atom. The number of rotatable bonds is 3. The quantitative estimate of drug-likeness (QED) is 0.843. The molecule has 0 aliphatic carbocycles. The van der Waals surface area contributed by atoms with Gasteiger partial charge in [0.15, 0.2) is 11.2 Å². The summed E-state index contributed by atoms with van der Waals surface area (Å²) in [6, 6.07) is -0.299. The SMILES string of the molecule is CCn1c(=O)c2c(nc(C(C)N)n2C)n(CC)c1=O. The molecule has 0 radical (unpaired) electrons. The molecule has 2 heterocycles. The Labute approximate surface area is 110 Å². The number of aromatic nitrogens is 4. The van der Waals surface area contributed by atoms with Crippen molar-refractivity contribution in [3.8, 4) is 0 Å². The molecule has 2 rings (SSSR count). The van der Waals surface area contributed by atoms with E-state index in [1.54, 1.807) is 25.5 Å². The van der Waals surface area contributed by atoms with E-state index < -0.39 is 0 Å². The number of aryl methyl sites for hydroxylation is 2. The van der Waals surface area contributed by atoms with Crippen LogP contribution in [-0.4, -0.2) is 18.7 Å². The van der Waals surface area contributed by atoms with Gasteiger partial charge in [0.1, 0.15) is 5.82 Å². The van der Waals surface area contributed by atoms with E-state index in [9.17, 15) is 9.59 Å². The van der Waals surface area contributed by atoms with Gasteiger partial charge in [0, 0.05) is 20.1 Å². The molecule has 0 bridgehead atoms. The van der Waals surface area contributed by atoms with Crippen LogP contribution in [0.5, 0.6) is 0 Å². The van der Waals surface area contributed by atoms with Crippen molar-refractivity contribution in [3.05, 3.63) is 26.7 Å². The van der Waals surface area contributed by atoms with Gasteiger partial charge in [-0.05, 0) is 20.8 Å². The van der Waals surface area contributed by atoms with E-state index >= 15 is 0 Å². The Hall–Kier alpha value is -1.89. The number of nitrogens with two attached hydrogens (primary N) is 1. The summed E-state index contributed by atoms with van der Waals surface area (Å²) in [5, 5.41) is 0. The van der Waals surface area contributed by atoms with Crippen LogP contribution in [0, 0.1) is 0 Å². The average molecular weight is 265 g/mol. The summed E-state index contributed by atoms with van der Waals surface area (Å²) in [5.41, 5.74) is 6.06. The highest BCUT2D eigenvalue weighted by atomic mass is 16.2. The van der Waals surface area contributed by atoms with Crippen molar-refractivity contribution in [3.63, 3.8) is 0 Å². The van der Waals surface area contributed by atoms with Crippen LogP contribution < -0.4 is 17.0 Å². The fourth-order valence-corrected chi connectivity index (χ4v) is 2.35. The lowest BCUT2D eigenvalue weighted by Gasteiger charge is -2.08. The number of imidazole rings is 1. The monoisotopic (exact) mass is 265 g/mol. The normalized spacial score (nSPS) is 13.1. The minimum atomic E-state index is -0.322. The van der Waals surface area contributed by atoms with Gasteiger partial charge in [-0.2, -0.15) is 0 Å². The molecule has 0 fully saturated rings. The van der Waals surface area contributed by atoms with Crippen molar-refractivity contribution >= 4 is 11.2 Å². The van der Waals surface area contributed by atoms with Gasteiger partial charge in [0.2, 0.25) is 0 Å². The third-order valence-corrected chi connectivity index (χ3v) is 3.32. The van der Waals surface area contributed by atoms with Crippen LogP contribution in [0.1, 0.15) is 32.6 Å². The van der Waals surface area contributed by atoms with Crippen LogP contribution >= 0.6 is 0 Å². The fourth-order valence-electron chi connectivity index (χ4n) is 2.35. The predicted molar refractivity (Wildman–Crippen MR) is 73.2 cm³/mol. The number of fused-ring (bicyclic) bond motifs is 1. The van der Waals surface area contributed by atoms with Gasteiger partial charge in [0.05, 0.1) is 6.04 Å². The Kier molecular flexibility index (Phi) is 3.32. The topological polar surface area (TPSA) is 87.8 Å². The molecule has 19 heavy (non-hydrogen) atoms. The Morgan fingerprint density at radius 3 is 2.26 bits per heavy atom. The van der Waals surface area contributed by atoms with Crippen LogP contribution in [0.4, 0.5) is 0 Å². The highest BCUT2D eigenvalue weighted by molar-refractivity contribution is 5.71. The number of hydrogen-bond donors (Lipinski definition) is 1. The van der Waals surface area contributed by atoms with Gasteiger partial charge >= 0.3 is 5.69 Å². The first-order valence-electron chi connectivity index (χ1n) is 6.39. The third kappa shape index (κ3) is 1.81. The molecule has 0 saturated carbocycles. The largest absolute Gasteiger partial charge is 0.332 e. The molecule has 104 valence electrons. The molecule has 2 aromatic heterocycles. The van der Waals surface area contributed by atoms with Crippen molar-refractivity contribution in [1.29, 1.82) is 0 Å². The Balaban J connectivity index is 3.05. The maximum atomic E-state index is 12.4.